The third-order valence-electron chi connectivity index (χ3n) is 2.87. The third-order valence-corrected chi connectivity index (χ3v) is 2.87. The second-order valence-corrected chi connectivity index (χ2v) is 4.81. The summed E-state index contributed by atoms with van der Waals surface area (Å²) in [4.78, 5) is 11.5. The lowest BCUT2D eigenvalue weighted by atomic mass is 9.98. The molecule has 1 aromatic carbocycles. The van der Waals surface area contributed by atoms with Gasteiger partial charge < -0.3 is 14.6 Å². The lowest BCUT2D eigenvalue weighted by molar-refractivity contribution is 0.101. The second-order valence-electron chi connectivity index (χ2n) is 4.81. The molecule has 0 saturated carbocycles. The van der Waals surface area contributed by atoms with Gasteiger partial charge in [-0.15, -0.1) is 0 Å². The smallest absolute Gasteiger partial charge is 0.173 e. The Hall–Kier alpha value is -1.97. The van der Waals surface area contributed by atoms with E-state index in [9.17, 15) is 9.90 Å². The van der Waals surface area contributed by atoms with E-state index in [4.69, 9.17) is 9.47 Å². The Morgan fingerprint density at radius 3 is 2.67 bits per heavy atom. The van der Waals surface area contributed by atoms with Crippen molar-refractivity contribution in [2.75, 3.05) is 7.11 Å². The van der Waals surface area contributed by atoms with Crippen LogP contribution in [0, 0.1) is 0 Å². The highest BCUT2D eigenvalue weighted by Crippen LogP contribution is 2.45. The summed E-state index contributed by atoms with van der Waals surface area (Å²) in [5.41, 5.74) is 0.252. The summed E-state index contributed by atoms with van der Waals surface area (Å²) in [6.45, 7) is 5.21. The Bertz CT molecular complexity index is 541. The van der Waals surface area contributed by atoms with Crippen LogP contribution in [-0.2, 0) is 0 Å². The van der Waals surface area contributed by atoms with Crippen LogP contribution in [0.1, 0.15) is 36.7 Å². The van der Waals surface area contributed by atoms with Crippen LogP contribution in [-0.4, -0.2) is 23.6 Å². The summed E-state index contributed by atoms with van der Waals surface area (Å²) in [5, 5.41) is 10.1. The minimum Gasteiger partial charge on any atom is -0.506 e. The van der Waals surface area contributed by atoms with Crippen molar-refractivity contribution in [1.29, 1.82) is 0 Å². The molecule has 0 amide bonds. The topological polar surface area (TPSA) is 55.8 Å². The Balaban J connectivity index is 2.70. The van der Waals surface area contributed by atoms with Crippen LogP contribution in [0.2, 0.25) is 0 Å². The van der Waals surface area contributed by atoms with Crippen LogP contribution < -0.4 is 9.47 Å². The number of rotatable bonds is 2. The second kappa shape index (κ2) is 4.05. The van der Waals surface area contributed by atoms with Crippen LogP contribution in [0.15, 0.2) is 12.1 Å². The zero-order chi connectivity index (χ0) is 13.5. The van der Waals surface area contributed by atoms with E-state index in [0.29, 0.717) is 17.1 Å². The summed E-state index contributed by atoms with van der Waals surface area (Å²) in [7, 11) is 1.51. The molecule has 0 unspecified atom stereocenters. The van der Waals surface area contributed by atoms with E-state index < -0.39 is 5.60 Å². The highest BCUT2D eigenvalue weighted by molar-refractivity contribution is 5.99. The molecule has 0 atom stereocenters. The van der Waals surface area contributed by atoms with Gasteiger partial charge in [0.2, 0.25) is 0 Å². The number of carbonyl (C=O) groups excluding carboxylic acids is 1. The molecule has 0 radical (unpaired) electrons. The molecule has 4 heteroatoms. The van der Waals surface area contributed by atoms with Crippen molar-refractivity contribution in [2.45, 2.75) is 26.4 Å². The number of hydrogen-bond donors (Lipinski definition) is 1. The molecule has 18 heavy (non-hydrogen) atoms. The van der Waals surface area contributed by atoms with E-state index in [1.165, 1.54) is 20.1 Å². The van der Waals surface area contributed by atoms with Gasteiger partial charge in [0.05, 0.1) is 18.2 Å². The van der Waals surface area contributed by atoms with Gasteiger partial charge in [0.1, 0.15) is 11.4 Å². The van der Waals surface area contributed by atoms with Crippen molar-refractivity contribution >= 4 is 11.9 Å². The van der Waals surface area contributed by atoms with E-state index in [-0.39, 0.29) is 17.1 Å². The van der Waals surface area contributed by atoms with E-state index in [2.05, 4.69) is 0 Å². The summed E-state index contributed by atoms with van der Waals surface area (Å²) in [5.74, 6) is 0.634. The summed E-state index contributed by atoms with van der Waals surface area (Å²) >= 11 is 0. The fourth-order valence-corrected chi connectivity index (χ4v) is 1.91. The SMILES string of the molecule is COc1cc(C(C)=O)c(O)c2c1OC(C)(C)C=C2. The van der Waals surface area contributed by atoms with Crippen LogP contribution in [0.4, 0.5) is 0 Å². The number of carbonyl (C=O) groups is 1. The van der Waals surface area contributed by atoms with E-state index in [1.807, 2.05) is 19.9 Å². The number of phenols is 1. The van der Waals surface area contributed by atoms with Crippen molar-refractivity contribution in [3.63, 3.8) is 0 Å². The van der Waals surface area contributed by atoms with Crippen molar-refractivity contribution in [3.05, 3.63) is 23.3 Å². The maximum atomic E-state index is 11.5. The molecular formula is C14H16O4. The quantitative estimate of drug-likeness (QED) is 0.818. The number of Topliss-reactive ketones (excluding diaryl/α,β-unsaturated/α-hetero) is 1. The van der Waals surface area contributed by atoms with Gasteiger partial charge in [0.25, 0.3) is 0 Å². The normalized spacial score (nSPS) is 15.8. The summed E-state index contributed by atoms with van der Waals surface area (Å²) < 4.78 is 11.0. The average molecular weight is 248 g/mol. The summed E-state index contributed by atoms with van der Waals surface area (Å²) in [6, 6.07) is 1.51. The predicted molar refractivity (Wildman–Crippen MR) is 68.4 cm³/mol. The number of fused-ring (bicyclic) bond motifs is 1. The molecule has 2 rings (SSSR count). The minimum absolute atomic E-state index is 0.0648. The highest BCUT2D eigenvalue weighted by Gasteiger charge is 2.28. The predicted octanol–water partition coefficient (Wildman–Crippen LogP) is 2.79. The zero-order valence-corrected chi connectivity index (χ0v) is 10.9. The van der Waals surface area contributed by atoms with Crippen LogP contribution in [0.25, 0.3) is 6.08 Å². The molecule has 1 heterocycles. The van der Waals surface area contributed by atoms with Crippen molar-refractivity contribution in [2.24, 2.45) is 0 Å². The van der Waals surface area contributed by atoms with Gasteiger partial charge in [0, 0.05) is 0 Å². The molecule has 4 nitrogen and oxygen atoms in total. The first-order valence-electron chi connectivity index (χ1n) is 5.69. The molecule has 0 spiro atoms. The van der Waals surface area contributed by atoms with Gasteiger partial charge in [-0.2, -0.15) is 0 Å². The van der Waals surface area contributed by atoms with Gasteiger partial charge in [-0.1, -0.05) is 0 Å². The van der Waals surface area contributed by atoms with Gasteiger partial charge in [-0.25, -0.2) is 0 Å². The van der Waals surface area contributed by atoms with Crippen LogP contribution in [0.5, 0.6) is 17.2 Å². The minimum atomic E-state index is -0.468. The number of hydrogen-bond acceptors (Lipinski definition) is 4. The lowest BCUT2D eigenvalue weighted by Gasteiger charge is -2.29. The molecule has 1 aromatic rings. The maximum Gasteiger partial charge on any atom is 0.173 e. The first-order chi connectivity index (χ1) is 8.35. The Kier molecular flexibility index (Phi) is 2.81. The number of benzene rings is 1. The van der Waals surface area contributed by atoms with Crippen LogP contribution >= 0.6 is 0 Å². The molecule has 0 aliphatic carbocycles. The molecule has 96 valence electrons. The fraction of sp³-hybridized carbons (Fsp3) is 0.357. The monoisotopic (exact) mass is 248 g/mol. The number of ketones is 1. The average Bonchev–Trinajstić information content (AvgIpc) is 2.27. The maximum absolute atomic E-state index is 11.5. The largest absolute Gasteiger partial charge is 0.506 e. The van der Waals surface area contributed by atoms with Crippen molar-refractivity contribution in [1.82, 2.24) is 0 Å². The van der Waals surface area contributed by atoms with E-state index in [0.717, 1.165) is 0 Å². The van der Waals surface area contributed by atoms with Gasteiger partial charge >= 0.3 is 0 Å². The first kappa shape index (κ1) is 12.5. The number of aromatic hydroxyl groups is 1. The van der Waals surface area contributed by atoms with Gasteiger partial charge in [0.15, 0.2) is 17.3 Å². The Morgan fingerprint density at radius 2 is 2.11 bits per heavy atom. The highest BCUT2D eigenvalue weighted by atomic mass is 16.5. The van der Waals surface area contributed by atoms with Crippen LogP contribution in [0.3, 0.4) is 0 Å². The zero-order valence-electron chi connectivity index (χ0n) is 10.9. The van der Waals surface area contributed by atoms with Gasteiger partial charge in [-0.3, -0.25) is 4.79 Å². The number of phenolic OH excluding ortho intramolecular Hbond substituents is 1. The molecule has 0 saturated heterocycles. The molecule has 1 aliphatic rings. The van der Waals surface area contributed by atoms with Crippen molar-refractivity contribution < 1.29 is 19.4 Å². The fourth-order valence-electron chi connectivity index (χ4n) is 1.91. The molecule has 0 bridgehead atoms. The Labute approximate surface area is 106 Å². The molecule has 0 fully saturated rings. The first-order valence-corrected chi connectivity index (χ1v) is 5.69. The van der Waals surface area contributed by atoms with E-state index >= 15 is 0 Å². The Morgan fingerprint density at radius 1 is 1.44 bits per heavy atom. The van der Waals surface area contributed by atoms with Gasteiger partial charge in [-0.05, 0) is 39.0 Å². The molecule has 1 N–H and O–H groups in total. The molecule has 0 aromatic heterocycles. The third kappa shape index (κ3) is 1.94. The number of methoxy groups -OCH3 is 1. The molecule has 1 aliphatic heterocycles. The lowest BCUT2D eigenvalue weighted by Crippen LogP contribution is -2.28. The van der Waals surface area contributed by atoms with E-state index in [1.54, 1.807) is 6.08 Å². The summed E-state index contributed by atoms with van der Waals surface area (Å²) in [6.07, 6.45) is 3.58. The number of ether oxygens (including phenoxy) is 2. The van der Waals surface area contributed by atoms with Crippen molar-refractivity contribution in [3.8, 4) is 17.2 Å². The molecular weight excluding hydrogens is 232 g/mol. The standard InChI is InChI=1S/C14H16O4/c1-8(15)10-7-11(17-4)13-9(12(10)16)5-6-14(2,3)18-13/h5-7,16H,1-4H3.